The van der Waals surface area contributed by atoms with Crippen LogP contribution in [0, 0.1) is 6.92 Å². The number of fused-ring (bicyclic) bond motifs is 1. The van der Waals surface area contributed by atoms with Crippen molar-refractivity contribution in [2.45, 2.75) is 32.2 Å². The Kier molecular flexibility index (Phi) is 4.85. The van der Waals surface area contributed by atoms with Gasteiger partial charge in [-0.3, -0.25) is 4.79 Å². The second kappa shape index (κ2) is 7.44. The summed E-state index contributed by atoms with van der Waals surface area (Å²) in [5, 5.41) is 4.72. The number of carbonyl (C=O) groups excluding carboxylic acids is 1. The summed E-state index contributed by atoms with van der Waals surface area (Å²) in [6.07, 6.45) is 4.70. The van der Waals surface area contributed by atoms with Gasteiger partial charge in [-0.15, -0.1) is 0 Å². The lowest BCUT2D eigenvalue weighted by Crippen LogP contribution is -2.30. The number of aryl methyl sites for hydroxylation is 1. The van der Waals surface area contributed by atoms with Crippen LogP contribution in [-0.4, -0.2) is 50.2 Å². The maximum absolute atomic E-state index is 12.7. The number of nitrogens with two attached hydrogens (primary N) is 1. The summed E-state index contributed by atoms with van der Waals surface area (Å²) in [5.41, 5.74) is 10.5. The van der Waals surface area contributed by atoms with E-state index >= 15 is 0 Å². The highest BCUT2D eigenvalue weighted by Gasteiger charge is 2.31. The van der Waals surface area contributed by atoms with Crippen molar-refractivity contribution in [2.24, 2.45) is 5.73 Å². The Morgan fingerprint density at radius 1 is 1.22 bits per heavy atom. The number of likely N-dealkylation sites (tertiary alicyclic amines) is 1. The standard InChI is InChI=1S/C20H24N6O/c1-14-2-4-15(5-3-14)12-17(27)25-10-6-16(13-25)18-19-20(23-9-8-22-19)26(24-18)11-7-21/h2-5,8-9,16H,6-7,10-13,21H2,1H3. The summed E-state index contributed by atoms with van der Waals surface area (Å²) in [7, 11) is 0. The second-order valence-electron chi connectivity index (χ2n) is 7.11. The zero-order valence-electron chi connectivity index (χ0n) is 15.5. The van der Waals surface area contributed by atoms with Crippen molar-refractivity contribution in [3.63, 3.8) is 0 Å². The Hall–Kier alpha value is -2.80. The normalized spacial score (nSPS) is 17.0. The summed E-state index contributed by atoms with van der Waals surface area (Å²) >= 11 is 0. The monoisotopic (exact) mass is 364 g/mol. The Morgan fingerprint density at radius 2 is 2.00 bits per heavy atom. The summed E-state index contributed by atoms with van der Waals surface area (Å²) in [5.74, 6) is 0.350. The van der Waals surface area contributed by atoms with E-state index in [0.717, 1.165) is 35.4 Å². The lowest BCUT2D eigenvalue weighted by Gasteiger charge is -2.16. The minimum absolute atomic E-state index is 0.165. The predicted octanol–water partition coefficient (Wildman–Crippen LogP) is 1.65. The van der Waals surface area contributed by atoms with Crippen LogP contribution in [0.5, 0.6) is 0 Å². The van der Waals surface area contributed by atoms with Crippen LogP contribution in [0.25, 0.3) is 11.2 Å². The molecule has 2 N–H and O–H groups in total. The summed E-state index contributed by atoms with van der Waals surface area (Å²) < 4.78 is 1.83. The van der Waals surface area contributed by atoms with Gasteiger partial charge in [-0.2, -0.15) is 5.10 Å². The zero-order valence-corrected chi connectivity index (χ0v) is 15.5. The van der Waals surface area contributed by atoms with Crippen molar-refractivity contribution in [2.75, 3.05) is 19.6 Å². The van der Waals surface area contributed by atoms with E-state index in [1.807, 2.05) is 40.8 Å². The van der Waals surface area contributed by atoms with Gasteiger partial charge in [0.1, 0.15) is 5.52 Å². The first-order valence-electron chi connectivity index (χ1n) is 9.36. The first-order valence-corrected chi connectivity index (χ1v) is 9.36. The van der Waals surface area contributed by atoms with E-state index in [1.165, 1.54) is 5.56 Å². The molecule has 1 saturated heterocycles. The molecule has 27 heavy (non-hydrogen) atoms. The fourth-order valence-corrected chi connectivity index (χ4v) is 3.68. The second-order valence-corrected chi connectivity index (χ2v) is 7.11. The molecule has 1 atom stereocenters. The van der Waals surface area contributed by atoms with E-state index in [4.69, 9.17) is 10.8 Å². The van der Waals surface area contributed by atoms with E-state index in [-0.39, 0.29) is 11.8 Å². The number of benzene rings is 1. The average Bonchev–Trinajstić information content (AvgIpc) is 3.29. The van der Waals surface area contributed by atoms with Gasteiger partial charge in [-0.25, -0.2) is 14.6 Å². The number of carbonyl (C=O) groups is 1. The van der Waals surface area contributed by atoms with E-state index < -0.39 is 0 Å². The van der Waals surface area contributed by atoms with Crippen molar-refractivity contribution in [1.82, 2.24) is 24.6 Å². The maximum atomic E-state index is 12.7. The first-order chi connectivity index (χ1) is 13.2. The Balaban J connectivity index is 1.50. The molecule has 1 unspecified atom stereocenters. The fraction of sp³-hybridized carbons (Fsp3) is 0.400. The van der Waals surface area contributed by atoms with Gasteiger partial charge in [0.2, 0.25) is 5.91 Å². The van der Waals surface area contributed by atoms with Gasteiger partial charge in [-0.1, -0.05) is 29.8 Å². The van der Waals surface area contributed by atoms with Gasteiger partial charge in [0.25, 0.3) is 0 Å². The molecule has 1 amide bonds. The van der Waals surface area contributed by atoms with Gasteiger partial charge in [0.15, 0.2) is 5.65 Å². The highest BCUT2D eigenvalue weighted by molar-refractivity contribution is 5.79. The largest absolute Gasteiger partial charge is 0.342 e. The van der Waals surface area contributed by atoms with E-state index in [9.17, 15) is 4.79 Å². The van der Waals surface area contributed by atoms with Crippen LogP contribution < -0.4 is 5.73 Å². The van der Waals surface area contributed by atoms with Crippen molar-refractivity contribution in [3.8, 4) is 0 Å². The molecule has 7 heteroatoms. The van der Waals surface area contributed by atoms with Crippen LogP contribution >= 0.6 is 0 Å². The highest BCUT2D eigenvalue weighted by Crippen LogP contribution is 2.30. The first kappa shape index (κ1) is 17.6. The number of nitrogens with zero attached hydrogens (tertiary/aromatic N) is 5. The number of hydrogen-bond donors (Lipinski definition) is 1. The Labute approximate surface area is 158 Å². The Morgan fingerprint density at radius 3 is 2.78 bits per heavy atom. The lowest BCUT2D eigenvalue weighted by atomic mass is 10.0. The summed E-state index contributed by atoms with van der Waals surface area (Å²) in [4.78, 5) is 23.5. The molecule has 7 nitrogen and oxygen atoms in total. The van der Waals surface area contributed by atoms with Crippen LogP contribution in [-0.2, 0) is 17.8 Å². The average molecular weight is 364 g/mol. The van der Waals surface area contributed by atoms with E-state index in [2.05, 4.69) is 9.97 Å². The topological polar surface area (TPSA) is 89.9 Å². The zero-order chi connectivity index (χ0) is 18.8. The molecule has 2 aromatic heterocycles. The number of aromatic nitrogens is 4. The highest BCUT2D eigenvalue weighted by atomic mass is 16.2. The molecular weight excluding hydrogens is 340 g/mol. The van der Waals surface area contributed by atoms with Crippen LogP contribution in [0.15, 0.2) is 36.7 Å². The number of hydrogen-bond acceptors (Lipinski definition) is 5. The van der Waals surface area contributed by atoms with Crippen LogP contribution in [0.4, 0.5) is 0 Å². The summed E-state index contributed by atoms with van der Waals surface area (Å²) in [6, 6.07) is 8.14. The molecule has 3 aromatic rings. The van der Waals surface area contributed by atoms with Gasteiger partial charge in [-0.05, 0) is 18.9 Å². The molecule has 0 saturated carbocycles. The van der Waals surface area contributed by atoms with Crippen molar-refractivity contribution >= 4 is 17.1 Å². The number of amides is 1. The molecule has 3 heterocycles. The van der Waals surface area contributed by atoms with Gasteiger partial charge in [0, 0.05) is 37.9 Å². The molecule has 1 aliphatic heterocycles. The third-order valence-electron chi connectivity index (χ3n) is 5.14. The van der Waals surface area contributed by atoms with Gasteiger partial charge in [0.05, 0.1) is 18.7 Å². The molecule has 0 aliphatic carbocycles. The summed E-state index contributed by atoms with van der Waals surface area (Å²) in [6.45, 7) is 4.58. The van der Waals surface area contributed by atoms with Gasteiger partial charge >= 0.3 is 0 Å². The molecule has 0 spiro atoms. The lowest BCUT2D eigenvalue weighted by molar-refractivity contribution is -0.129. The van der Waals surface area contributed by atoms with Gasteiger partial charge < -0.3 is 10.6 Å². The van der Waals surface area contributed by atoms with E-state index in [1.54, 1.807) is 12.4 Å². The van der Waals surface area contributed by atoms with Crippen LogP contribution in [0.1, 0.15) is 29.2 Å². The molecule has 1 aliphatic rings. The van der Waals surface area contributed by atoms with E-state index in [0.29, 0.717) is 26.1 Å². The molecule has 1 fully saturated rings. The fourth-order valence-electron chi connectivity index (χ4n) is 3.68. The minimum atomic E-state index is 0.165. The third kappa shape index (κ3) is 3.55. The molecule has 0 radical (unpaired) electrons. The minimum Gasteiger partial charge on any atom is -0.342 e. The SMILES string of the molecule is Cc1ccc(CC(=O)N2CCC(c3nn(CCN)c4nccnc34)C2)cc1. The Bertz CT molecular complexity index is 949. The molecule has 1 aromatic carbocycles. The number of rotatable bonds is 5. The van der Waals surface area contributed by atoms with Crippen LogP contribution in [0.3, 0.4) is 0 Å². The quantitative estimate of drug-likeness (QED) is 0.743. The van der Waals surface area contributed by atoms with Crippen LogP contribution in [0.2, 0.25) is 0 Å². The molecule has 4 rings (SSSR count). The molecular formula is C20H24N6O. The predicted molar refractivity (Wildman–Crippen MR) is 103 cm³/mol. The van der Waals surface area contributed by atoms with Crippen molar-refractivity contribution in [3.05, 3.63) is 53.5 Å². The smallest absolute Gasteiger partial charge is 0.227 e. The molecule has 0 bridgehead atoms. The van der Waals surface area contributed by atoms with Crippen molar-refractivity contribution in [1.29, 1.82) is 0 Å². The third-order valence-corrected chi connectivity index (χ3v) is 5.14. The maximum Gasteiger partial charge on any atom is 0.227 e. The van der Waals surface area contributed by atoms with Crippen molar-refractivity contribution < 1.29 is 4.79 Å². The molecule has 140 valence electrons.